The van der Waals surface area contributed by atoms with Gasteiger partial charge in [0.1, 0.15) is 11.6 Å². The average Bonchev–Trinajstić information content (AvgIpc) is 3.10. The molecule has 2 rings (SSSR count). The summed E-state index contributed by atoms with van der Waals surface area (Å²) in [5.74, 6) is 2.56. The van der Waals surface area contributed by atoms with Crippen molar-refractivity contribution in [3.63, 3.8) is 0 Å². The van der Waals surface area contributed by atoms with Crippen LogP contribution in [0.5, 0.6) is 0 Å². The minimum Gasteiger partial charge on any atom is -0.369 e. The molecule has 0 spiro atoms. The molecule has 0 bridgehead atoms. The van der Waals surface area contributed by atoms with Gasteiger partial charge in [0, 0.05) is 12.6 Å². The molecular formula is C12H20N4. The van der Waals surface area contributed by atoms with Crippen molar-refractivity contribution in [3.8, 4) is 0 Å². The van der Waals surface area contributed by atoms with Gasteiger partial charge < -0.3 is 10.6 Å². The second-order valence-electron chi connectivity index (χ2n) is 4.49. The molecule has 0 aromatic carbocycles. The highest BCUT2D eigenvalue weighted by Crippen LogP contribution is 2.33. The second-order valence-corrected chi connectivity index (χ2v) is 4.49. The molecular weight excluding hydrogens is 200 g/mol. The Kier molecular flexibility index (Phi) is 3.59. The number of anilines is 2. The van der Waals surface area contributed by atoms with Crippen molar-refractivity contribution in [1.82, 2.24) is 9.97 Å². The van der Waals surface area contributed by atoms with Gasteiger partial charge in [-0.1, -0.05) is 6.92 Å². The maximum Gasteiger partial charge on any atom is 0.147 e. The average molecular weight is 220 g/mol. The van der Waals surface area contributed by atoms with Gasteiger partial charge in [0.25, 0.3) is 0 Å². The SMILES string of the molecule is CCCNc1cncc(NC(C)C2CC2)n1. The molecule has 0 saturated heterocycles. The van der Waals surface area contributed by atoms with E-state index in [-0.39, 0.29) is 0 Å². The first-order valence-electron chi connectivity index (χ1n) is 6.12. The summed E-state index contributed by atoms with van der Waals surface area (Å²) in [6.07, 6.45) is 7.33. The predicted molar refractivity (Wildman–Crippen MR) is 66.6 cm³/mol. The molecule has 1 aliphatic carbocycles. The summed E-state index contributed by atoms with van der Waals surface area (Å²) in [7, 11) is 0. The zero-order chi connectivity index (χ0) is 11.4. The van der Waals surface area contributed by atoms with Gasteiger partial charge in [-0.3, -0.25) is 4.98 Å². The van der Waals surface area contributed by atoms with Crippen LogP contribution in [-0.2, 0) is 0 Å². The van der Waals surface area contributed by atoms with Gasteiger partial charge in [0.05, 0.1) is 12.4 Å². The molecule has 1 saturated carbocycles. The van der Waals surface area contributed by atoms with E-state index in [1.54, 1.807) is 12.4 Å². The van der Waals surface area contributed by atoms with E-state index in [0.29, 0.717) is 6.04 Å². The third-order valence-electron chi connectivity index (χ3n) is 2.90. The summed E-state index contributed by atoms with van der Waals surface area (Å²) in [5, 5.41) is 6.65. The molecule has 1 fully saturated rings. The van der Waals surface area contributed by atoms with Crippen LogP contribution >= 0.6 is 0 Å². The largest absolute Gasteiger partial charge is 0.369 e. The molecule has 16 heavy (non-hydrogen) atoms. The highest BCUT2D eigenvalue weighted by atomic mass is 15.1. The van der Waals surface area contributed by atoms with Gasteiger partial charge in [0.2, 0.25) is 0 Å². The van der Waals surface area contributed by atoms with Gasteiger partial charge in [0.15, 0.2) is 0 Å². The van der Waals surface area contributed by atoms with Crippen molar-refractivity contribution < 1.29 is 0 Å². The van der Waals surface area contributed by atoms with Gasteiger partial charge in [-0.15, -0.1) is 0 Å². The molecule has 1 aromatic rings. The lowest BCUT2D eigenvalue weighted by Gasteiger charge is -2.13. The monoisotopic (exact) mass is 220 g/mol. The van der Waals surface area contributed by atoms with E-state index in [4.69, 9.17) is 0 Å². The predicted octanol–water partition coefficient (Wildman–Crippen LogP) is 2.51. The van der Waals surface area contributed by atoms with E-state index in [9.17, 15) is 0 Å². The maximum atomic E-state index is 4.48. The fourth-order valence-electron chi connectivity index (χ4n) is 1.72. The van der Waals surface area contributed by atoms with Crippen molar-refractivity contribution in [2.75, 3.05) is 17.2 Å². The molecule has 1 aliphatic rings. The van der Waals surface area contributed by atoms with Crippen LogP contribution in [0.1, 0.15) is 33.1 Å². The third-order valence-corrected chi connectivity index (χ3v) is 2.90. The van der Waals surface area contributed by atoms with E-state index in [2.05, 4.69) is 34.4 Å². The molecule has 1 aromatic heterocycles. The fraction of sp³-hybridized carbons (Fsp3) is 0.667. The van der Waals surface area contributed by atoms with Crippen LogP contribution in [-0.4, -0.2) is 22.6 Å². The quantitative estimate of drug-likeness (QED) is 0.773. The van der Waals surface area contributed by atoms with Crippen LogP contribution in [0, 0.1) is 5.92 Å². The zero-order valence-electron chi connectivity index (χ0n) is 10.0. The number of hydrogen-bond acceptors (Lipinski definition) is 4. The van der Waals surface area contributed by atoms with Gasteiger partial charge in [-0.25, -0.2) is 4.98 Å². The number of nitrogens with one attached hydrogen (secondary N) is 2. The Morgan fingerprint density at radius 2 is 2.12 bits per heavy atom. The Balaban J connectivity index is 1.92. The summed E-state index contributed by atoms with van der Waals surface area (Å²) in [6, 6.07) is 0.510. The van der Waals surface area contributed by atoms with Crippen LogP contribution in [0.15, 0.2) is 12.4 Å². The summed E-state index contributed by atoms with van der Waals surface area (Å²) in [6.45, 7) is 5.29. The van der Waals surface area contributed by atoms with Crippen molar-refractivity contribution >= 4 is 11.6 Å². The molecule has 0 radical (unpaired) electrons. The number of hydrogen-bond donors (Lipinski definition) is 2. The molecule has 88 valence electrons. The summed E-state index contributed by atoms with van der Waals surface area (Å²) in [4.78, 5) is 8.66. The number of aromatic nitrogens is 2. The first kappa shape index (κ1) is 11.2. The highest BCUT2D eigenvalue weighted by Gasteiger charge is 2.27. The lowest BCUT2D eigenvalue weighted by Crippen LogP contribution is -2.18. The highest BCUT2D eigenvalue weighted by molar-refractivity contribution is 5.42. The second kappa shape index (κ2) is 5.14. The van der Waals surface area contributed by atoms with E-state index < -0.39 is 0 Å². The molecule has 0 aliphatic heterocycles. The third kappa shape index (κ3) is 3.08. The summed E-state index contributed by atoms with van der Waals surface area (Å²) in [5.41, 5.74) is 0. The van der Waals surface area contributed by atoms with Gasteiger partial charge in [-0.2, -0.15) is 0 Å². The molecule has 1 atom stereocenters. The van der Waals surface area contributed by atoms with Crippen LogP contribution in [0.3, 0.4) is 0 Å². The zero-order valence-corrected chi connectivity index (χ0v) is 10.0. The Labute approximate surface area is 96.9 Å². The van der Waals surface area contributed by atoms with Crippen molar-refractivity contribution in [3.05, 3.63) is 12.4 Å². The maximum absolute atomic E-state index is 4.48. The summed E-state index contributed by atoms with van der Waals surface area (Å²) < 4.78 is 0. The lowest BCUT2D eigenvalue weighted by molar-refractivity contribution is 0.690. The molecule has 0 amide bonds. The Morgan fingerprint density at radius 3 is 2.81 bits per heavy atom. The molecule has 2 N–H and O–H groups in total. The number of rotatable bonds is 6. The number of nitrogens with zero attached hydrogens (tertiary/aromatic N) is 2. The Morgan fingerprint density at radius 1 is 1.38 bits per heavy atom. The topological polar surface area (TPSA) is 49.8 Å². The minimum atomic E-state index is 0.510. The van der Waals surface area contributed by atoms with Crippen LogP contribution in [0.4, 0.5) is 11.6 Å². The smallest absolute Gasteiger partial charge is 0.147 e. The van der Waals surface area contributed by atoms with Gasteiger partial charge >= 0.3 is 0 Å². The van der Waals surface area contributed by atoms with E-state index in [1.807, 2.05) is 0 Å². The van der Waals surface area contributed by atoms with Gasteiger partial charge in [-0.05, 0) is 32.1 Å². The van der Waals surface area contributed by atoms with Crippen LogP contribution < -0.4 is 10.6 Å². The molecule has 1 unspecified atom stereocenters. The molecule has 4 nitrogen and oxygen atoms in total. The van der Waals surface area contributed by atoms with Crippen molar-refractivity contribution in [1.29, 1.82) is 0 Å². The molecule has 1 heterocycles. The first-order valence-corrected chi connectivity index (χ1v) is 6.12. The standard InChI is InChI=1S/C12H20N4/c1-3-6-14-11-7-13-8-12(16-11)15-9(2)10-4-5-10/h7-10H,3-6H2,1-2H3,(H2,14,15,16). The normalized spacial score (nSPS) is 16.9. The molecule has 4 heteroatoms. The minimum absolute atomic E-state index is 0.510. The van der Waals surface area contributed by atoms with E-state index in [0.717, 1.165) is 30.5 Å². The van der Waals surface area contributed by atoms with Crippen LogP contribution in [0.2, 0.25) is 0 Å². The van der Waals surface area contributed by atoms with Crippen molar-refractivity contribution in [2.24, 2.45) is 5.92 Å². The van der Waals surface area contributed by atoms with Crippen LogP contribution in [0.25, 0.3) is 0 Å². The summed E-state index contributed by atoms with van der Waals surface area (Å²) >= 11 is 0. The first-order chi connectivity index (χ1) is 7.79. The lowest BCUT2D eigenvalue weighted by atomic mass is 10.2. The Bertz CT molecular complexity index is 336. The van der Waals surface area contributed by atoms with Crippen molar-refractivity contribution in [2.45, 2.75) is 39.2 Å². The van der Waals surface area contributed by atoms with E-state index >= 15 is 0 Å². The fourth-order valence-corrected chi connectivity index (χ4v) is 1.72. The van der Waals surface area contributed by atoms with E-state index in [1.165, 1.54) is 12.8 Å². The Hall–Kier alpha value is -1.32.